The third-order valence-corrected chi connectivity index (χ3v) is 7.15. The number of pyridine rings is 1. The number of aromatic nitrogens is 2. The van der Waals surface area contributed by atoms with Crippen molar-refractivity contribution in [3.8, 4) is 5.75 Å². The molecule has 10 heteroatoms. The predicted octanol–water partition coefficient (Wildman–Crippen LogP) is 4.85. The zero-order valence-corrected chi connectivity index (χ0v) is 20.2. The lowest BCUT2D eigenvalue weighted by atomic mass is 10.1. The zero-order valence-electron chi connectivity index (χ0n) is 18.6. The van der Waals surface area contributed by atoms with E-state index in [0.29, 0.717) is 37.4 Å². The Balaban J connectivity index is 1.58. The molecule has 2 aromatic heterocycles. The average molecular weight is 507 g/mol. The van der Waals surface area contributed by atoms with Gasteiger partial charge in [-0.1, -0.05) is 35.1 Å². The average Bonchev–Trinajstić information content (AvgIpc) is 3.47. The van der Waals surface area contributed by atoms with E-state index in [9.17, 15) is 14.4 Å². The number of rotatable bonds is 6. The fourth-order valence-electron chi connectivity index (χ4n) is 3.92. The third-order valence-electron chi connectivity index (χ3n) is 5.61. The molecule has 0 spiro atoms. The second kappa shape index (κ2) is 9.44. The molecule has 0 N–H and O–H groups in total. The molecule has 4 aromatic rings. The van der Waals surface area contributed by atoms with Crippen molar-refractivity contribution < 1.29 is 19.1 Å². The molecule has 1 aliphatic rings. The quantitative estimate of drug-likeness (QED) is 0.347. The Bertz CT molecular complexity index is 1440. The summed E-state index contributed by atoms with van der Waals surface area (Å²) < 4.78 is 6.14. The van der Waals surface area contributed by atoms with Crippen molar-refractivity contribution in [2.24, 2.45) is 0 Å². The molecule has 35 heavy (non-hydrogen) atoms. The summed E-state index contributed by atoms with van der Waals surface area (Å²) in [6.45, 7) is 0.207. The molecule has 1 saturated heterocycles. The van der Waals surface area contributed by atoms with Gasteiger partial charge in [0.05, 0.1) is 29.1 Å². The van der Waals surface area contributed by atoms with Crippen LogP contribution in [0.1, 0.15) is 28.8 Å². The van der Waals surface area contributed by atoms with Gasteiger partial charge in [-0.05, 0) is 42.0 Å². The van der Waals surface area contributed by atoms with Crippen molar-refractivity contribution >= 4 is 61.7 Å². The van der Waals surface area contributed by atoms with Gasteiger partial charge in [-0.3, -0.25) is 29.2 Å². The minimum absolute atomic E-state index is 0.165. The Morgan fingerprint density at radius 3 is 2.66 bits per heavy atom. The molecule has 3 heterocycles. The van der Waals surface area contributed by atoms with Gasteiger partial charge in [0.15, 0.2) is 5.13 Å². The first kappa shape index (κ1) is 22.9. The molecular weight excluding hydrogens is 488 g/mol. The van der Waals surface area contributed by atoms with E-state index in [0.717, 1.165) is 10.5 Å². The highest BCUT2D eigenvalue weighted by molar-refractivity contribution is 7.23. The lowest BCUT2D eigenvalue weighted by Crippen LogP contribution is -2.31. The van der Waals surface area contributed by atoms with Gasteiger partial charge in [0, 0.05) is 30.8 Å². The lowest BCUT2D eigenvalue weighted by Gasteiger charge is -2.21. The summed E-state index contributed by atoms with van der Waals surface area (Å²) >= 11 is 7.69. The number of thiazole rings is 1. The van der Waals surface area contributed by atoms with E-state index in [1.165, 1.54) is 16.2 Å². The fourth-order valence-corrected chi connectivity index (χ4v) is 5.17. The molecule has 0 radical (unpaired) electrons. The van der Waals surface area contributed by atoms with Crippen molar-refractivity contribution in [2.75, 3.05) is 16.9 Å². The number of fused-ring (bicyclic) bond motifs is 1. The molecule has 0 bridgehead atoms. The number of nitrogens with zero attached hydrogens (tertiary/aromatic N) is 4. The summed E-state index contributed by atoms with van der Waals surface area (Å²) in [7, 11) is 1.55. The molecule has 2 aromatic carbocycles. The predicted molar refractivity (Wildman–Crippen MR) is 134 cm³/mol. The summed E-state index contributed by atoms with van der Waals surface area (Å²) in [5.41, 5.74) is 2.06. The Morgan fingerprint density at radius 1 is 1.14 bits per heavy atom. The monoisotopic (exact) mass is 506 g/mol. The number of methoxy groups -OCH3 is 1. The van der Waals surface area contributed by atoms with Crippen LogP contribution >= 0.6 is 22.9 Å². The zero-order chi connectivity index (χ0) is 24.5. The van der Waals surface area contributed by atoms with Gasteiger partial charge < -0.3 is 4.74 Å². The number of anilines is 2. The highest BCUT2D eigenvalue weighted by Crippen LogP contribution is 2.39. The van der Waals surface area contributed by atoms with E-state index in [2.05, 4.69) is 9.97 Å². The van der Waals surface area contributed by atoms with Crippen LogP contribution < -0.4 is 14.5 Å². The minimum Gasteiger partial charge on any atom is -0.494 e. The van der Waals surface area contributed by atoms with Gasteiger partial charge in [-0.25, -0.2) is 4.98 Å². The maximum absolute atomic E-state index is 13.8. The van der Waals surface area contributed by atoms with E-state index >= 15 is 0 Å². The van der Waals surface area contributed by atoms with Crippen LogP contribution in [-0.2, 0) is 16.1 Å². The van der Waals surface area contributed by atoms with Crippen molar-refractivity contribution in [2.45, 2.75) is 19.4 Å². The molecule has 8 nitrogen and oxygen atoms in total. The lowest BCUT2D eigenvalue weighted by molar-refractivity contribution is -0.121. The SMILES string of the molecule is COc1ccc(Cl)c2sc(N(Cc3cccnc3)C(=O)c3cccc(N4C(=O)CCC4=O)c3)nc12. The van der Waals surface area contributed by atoms with E-state index < -0.39 is 0 Å². The van der Waals surface area contributed by atoms with E-state index in [1.807, 2.05) is 6.07 Å². The fraction of sp³-hybridized carbons (Fsp3) is 0.160. The number of carbonyl (C=O) groups is 3. The first-order valence-electron chi connectivity index (χ1n) is 10.8. The Kier molecular flexibility index (Phi) is 6.19. The molecule has 0 unspecified atom stereocenters. The normalized spacial score (nSPS) is 13.5. The van der Waals surface area contributed by atoms with Crippen molar-refractivity contribution in [1.29, 1.82) is 0 Å². The van der Waals surface area contributed by atoms with Crippen LogP contribution in [0.2, 0.25) is 5.02 Å². The van der Waals surface area contributed by atoms with E-state index in [1.54, 1.807) is 62.0 Å². The summed E-state index contributed by atoms with van der Waals surface area (Å²) in [5, 5.41) is 0.936. The van der Waals surface area contributed by atoms with Gasteiger partial charge in [0.2, 0.25) is 11.8 Å². The summed E-state index contributed by atoms with van der Waals surface area (Å²) in [6, 6.07) is 13.6. The van der Waals surface area contributed by atoms with Crippen LogP contribution in [0.15, 0.2) is 60.9 Å². The highest BCUT2D eigenvalue weighted by Gasteiger charge is 2.31. The molecule has 5 rings (SSSR count). The number of amides is 3. The van der Waals surface area contributed by atoms with Gasteiger partial charge >= 0.3 is 0 Å². The summed E-state index contributed by atoms with van der Waals surface area (Å²) in [6.07, 6.45) is 3.67. The molecule has 0 aliphatic carbocycles. The molecule has 1 aliphatic heterocycles. The molecule has 1 fully saturated rings. The molecular formula is C25H19ClN4O4S. The smallest absolute Gasteiger partial charge is 0.260 e. The van der Waals surface area contributed by atoms with Crippen LogP contribution in [0.3, 0.4) is 0 Å². The number of ether oxygens (including phenoxy) is 1. The summed E-state index contributed by atoms with van der Waals surface area (Å²) in [5.74, 6) is -0.350. The number of carbonyl (C=O) groups excluding carboxylic acids is 3. The highest BCUT2D eigenvalue weighted by atomic mass is 35.5. The van der Waals surface area contributed by atoms with Crippen LogP contribution in [0.4, 0.5) is 10.8 Å². The van der Waals surface area contributed by atoms with Crippen LogP contribution in [-0.4, -0.2) is 34.8 Å². The van der Waals surface area contributed by atoms with E-state index in [4.69, 9.17) is 16.3 Å². The molecule has 176 valence electrons. The maximum Gasteiger partial charge on any atom is 0.260 e. The second-order valence-corrected chi connectivity index (χ2v) is 9.23. The second-order valence-electron chi connectivity index (χ2n) is 7.85. The molecule has 0 saturated carbocycles. The maximum atomic E-state index is 13.8. The minimum atomic E-state index is -0.344. The Labute approximate surface area is 209 Å². The number of benzene rings is 2. The standard InChI is InChI=1S/C25H19ClN4O4S/c1-34-19-8-7-18(26)23-22(19)28-25(35-23)29(14-15-4-3-11-27-13-15)24(33)16-5-2-6-17(12-16)30-20(31)9-10-21(30)32/h2-8,11-13H,9-10,14H2,1H3. The Morgan fingerprint density at radius 2 is 1.94 bits per heavy atom. The van der Waals surface area contributed by atoms with Crippen molar-refractivity contribution in [3.63, 3.8) is 0 Å². The first-order chi connectivity index (χ1) is 17.0. The van der Waals surface area contributed by atoms with Crippen LogP contribution in [0.5, 0.6) is 5.75 Å². The first-order valence-corrected chi connectivity index (χ1v) is 12.0. The van der Waals surface area contributed by atoms with Crippen molar-refractivity contribution in [3.05, 3.63) is 77.1 Å². The topological polar surface area (TPSA) is 92.7 Å². The Hall–Kier alpha value is -3.82. The van der Waals surface area contributed by atoms with Gasteiger partial charge in [-0.2, -0.15) is 0 Å². The largest absolute Gasteiger partial charge is 0.494 e. The number of imide groups is 1. The number of hydrogen-bond donors (Lipinski definition) is 0. The van der Waals surface area contributed by atoms with Crippen LogP contribution in [0.25, 0.3) is 10.2 Å². The van der Waals surface area contributed by atoms with Crippen LogP contribution in [0, 0.1) is 0 Å². The van der Waals surface area contributed by atoms with Gasteiger partial charge in [-0.15, -0.1) is 0 Å². The summed E-state index contributed by atoms with van der Waals surface area (Å²) in [4.78, 5) is 49.8. The van der Waals surface area contributed by atoms with E-state index in [-0.39, 0.29) is 37.1 Å². The molecule has 0 atom stereocenters. The van der Waals surface area contributed by atoms with Gasteiger partial charge in [0.25, 0.3) is 5.91 Å². The third kappa shape index (κ3) is 4.36. The number of halogens is 1. The number of hydrogen-bond acceptors (Lipinski definition) is 7. The molecule has 3 amide bonds. The van der Waals surface area contributed by atoms with Gasteiger partial charge in [0.1, 0.15) is 11.3 Å². The van der Waals surface area contributed by atoms with Crippen molar-refractivity contribution in [1.82, 2.24) is 9.97 Å².